The molecular weight excluding hydrogens is 288 g/mol. The van der Waals surface area contributed by atoms with E-state index in [1.54, 1.807) is 0 Å². The lowest BCUT2D eigenvalue weighted by Crippen LogP contribution is -2.13. The lowest BCUT2D eigenvalue weighted by atomic mass is 10.1. The molecule has 0 spiro atoms. The molecule has 0 fully saturated rings. The number of primary amides is 1. The smallest absolute Gasteiger partial charge is 0.221 e. The number of nitrogens with zero attached hydrogens (tertiary/aromatic N) is 2. The zero-order valence-electron chi connectivity index (χ0n) is 13.1. The maximum Gasteiger partial charge on any atom is 0.221 e. The van der Waals surface area contributed by atoms with Gasteiger partial charge < -0.3 is 11.1 Å². The molecule has 0 aliphatic rings. The second-order valence-corrected chi connectivity index (χ2v) is 5.52. The van der Waals surface area contributed by atoms with Crippen LogP contribution >= 0.6 is 0 Å². The highest BCUT2D eigenvalue weighted by atomic mass is 16.1. The molecule has 3 aromatic rings. The zero-order valence-corrected chi connectivity index (χ0v) is 13.1. The molecule has 0 radical (unpaired) electrons. The number of amides is 1. The van der Waals surface area contributed by atoms with Crippen LogP contribution in [0.1, 0.15) is 18.1 Å². The first-order chi connectivity index (χ1) is 11.2. The number of carbonyl (C=O) groups excluding carboxylic acids is 1. The van der Waals surface area contributed by atoms with E-state index in [0.717, 1.165) is 35.2 Å². The van der Waals surface area contributed by atoms with E-state index in [1.165, 1.54) is 5.56 Å². The van der Waals surface area contributed by atoms with Gasteiger partial charge in [0.2, 0.25) is 5.91 Å². The molecule has 2 aromatic carbocycles. The summed E-state index contributed by atoms with van der Waals surface area (Å²) in [6.45, 7) is 3.91. The van der Waals surface area contributed by atoms with Crippen LogP contribution in [0.4, 0.5) is 0 Å². The summed E-state index contributed by atoms with van der Waals surface area (Å²) in [5.41, 5.74) is 9.22. The zero-order chi connectivity index (χ0) is 16.2. The lowest BCUT2D eigenvalue weighted by molar-refractivity contribution is -0.117. The minimum Gasteiger partial charge on any atom is -0.369 e. The fourth-order valence-electron chi connectivity index (χ4n) is 2.60. The predicted octanol–water partition coefficient (Wildman–Crippen LogP) is 2.16. The second-order valence-electron chi connectivity index (χ2n) is 5.52. The van der Waals surface area contributed by atoms with Gasteiger partial charge in [-0.1, -0.05) is 37.3 Å². The number of aromatic nitrogens is 2. The number of benzene rings is 2. The maximum atomic E-state index is 11.2. The van der Waals surface area contributed by atoms with Gasteiger partial charge in [0.15, 0.2) is 0 Å². The highest BCUT2D eigenvalue weighted by Crippen LogP contribution is 2.20. The van der Waals surface area contributed by atoms with Crippen molar-refractivity contribution in [3.63, 3.8) is 0 Å². The normalized spacial score (nSPS) is 11.0. The molecule has 3 N–H and O–H groups in total. The van der Waals surface area contributed by atoms with Crippen molar-refractivity contribution < 1.29 is 4.79 Å². The fourth-order valence-corrected chi connectivity index (χ4v) is 2.60. The molecule has 0 saturated carbocycles. The van der Waals surface area contributed by atoms with E-state index >= 15 is 0 Å². The van der Waals surface area contributed by atoms with Crippen LogP contribution < -0.4 is 11.1 Å². The summed E-state index contributed by atoms with van der Waals surface area (Å²) in [7, 11) is 0. The second kappa shape index (κ2) is 6.62. The summed E-state index contributed by atoms with van der Waals surface area (Å²) >= 11 is 0. The third kappa shape index (κ3) is 3.40. The summed E-state index contributed by atoms with van der Waals surface area (Å²) in [5, 5.41) is 8.93. The van der Waals surface area contributed by atoms with Crippen molar-refractivity contribution in [2.75, 3.05) is 6.54 Å². The first-order valence-corrected chi connectivity index (χ1v) is 7.73. The van der Waals surface area contributed by atoms with Crippen molar-refractivity contribution in [3.05, 3.63) is 59.8 Å². The molecule has 5 heteroatoms. The molecule has 0 atom stereocenters. The van der Waals surface area contributed by atoms with E-state index in [4.69, 9.17) is 5.73 Å². The van der Waals surface area contributed by atoms with Crippen molar-refractivity contribution in [2.45, 2.75) is 19.9 Å². The van der Waals surface area contributed by atoms with Crippen LogP contribution in [-0.4, -0.2) is 22.2 Å². The summed E-state index contributed by atoms with van der Waals surface area (Å²) in [6, 6.07) is 14.1. The largest absolute Gasteiger partial charge is 0.369 e. The van der Waals surface area contributed by atoms with E-state index in [9.17, 15) is 4.79 Å². The minimum absolute atomic E-state index is 0.204. The number of carbonyl (C=O) groups is 1. The average molecular weight is 308 g/mol. The minimum atomic E-state index is -0.347. The third-order valence-electron chi connectivity index (χ3n) is 3.76. The Balaban J connectivity index is 1.92. The molecule has 5 nitrogen and oxygen atoms in total. The Kier molecular flexibility index (Phi) is 4.39. The van der Waals surface area contributed by atoms with Crippen molar-refractivity contribution in [2.24, 2.45) is 5.73 Å². The standard InChI is InChI=1S/C18H20N4O/c1-2-20-11-13-6-8-16(9-7-13)22-12-15-5-3-4-14(10-17(19)23)18(15)21-22/h3-9,12,20H,2,10-11H2,1H3,(H2,19,23). The van der Waals surface area contributed by atoms with Crippen LogP contribution in [0.25, 0.3) is 16.6 Å². The van der Waals surface area contributed by atoms with Gasteiger partial charge in [0, 0.05) is 18.1 Å². The van der Waals surface area contributed by atoms with E-state index in [1.807, 2.05) is 41.2 Å². The van der Waals surface area contributed by atoms with E-state index in [0.29, 0.717) is 0 Å². The molecule has 0 aliphatic heterocycles. The van der Waals surface area contributed by atoms with Crippen molar-refractivity contribution >= 4 is 16.8 Å². The van der Waals surface area contributed by atoms with Gasteiger partial charge in [0.1, 0.15) is 0 Å². The molecule has 118 valence electrons. The van der Waals surface area contributed by atoms with Gasteiger partial charge in [-0.3, -0.25) is 4.79 Å². The van der Waals surface area contributed by atoms with Crippen molar-refractivity contribution in [3.8, 4) is 5.69 Å². The SMILES string of the molecule is CCNCc1ccc(-n2cc3cccc(CC(N)=O)c3n2)cc1. The van der Waals surface area contributed by atoms with Gasteiger partial charge in [-0.25, -0.2) is 4.68 Å². The molecule has 0 bridgehead atoms. The quantitative estimate of drug-likeness (QED) is 0.733. The Labute approximate surface area is 135 Å². The average Bonchev–Trinajstić information content (AvgIpc) is 2.98. The predicted molar refractivity (Wildman–Crippen MR) is 91.3 cm³/mol. The van der Waals surface area contributed by atoms with Crippen LogP contribution in [0.2, 0.25) is 0 Å². The van der Waals surface area contributed by atoms with Crippen LogP contribution in [-0.2, 0) is 17.8 Å². The van der Waals surface area contributed by atoms with E-state index < -0.39 is 0 Å². The highest BCUT2D eigenvalue weighted by Gasteiger charge is 2.09. The summed E-state index contributed by atoms with van der Waals surface area (Å²) in [4.78, 5) is 11.2. The van der Waals surface area contributed by atoms with Gasteiger partial charge in [0.05, 0.1) is 17.6 Å². The van der Waals surface area contributed by atoms with Gasteiger partial charge in [0.25, 0.3) is 0 Å². The van der Waals surface area contributed by atoms with Crippen molar-refractivity contribution in [1.29, 1.82) is 0 Å². The van der Waals surface area contributed by atoms with Gasteiger partial charge in [-0.15, -0.1) is 0 Å². The van der Waals surface area contributed by atoms with Crippen molar-refractivity contribution in [1.82, 2.24) is 15.1 Å². The first kappa shape index (κ1) is 15.2. The Hall–Kier alpha value is -2.66. The number of rotatable bonds is 6. The summed E-state index contributed by atoms with van der Waals surface area (Å²) in [6.07, 6.45) is 2.18. The van der Waals surface area contributed by atoms with Crippen LogP contribution in [0.15, 0.2) is 48.7 Å². The Morgan fingerprint density at radius 2 is 2.00 bits per heavy atom. The summed E-state index contributed by atoms with van der Waals surface area (Å²) in [5.74, 6) is -0.347. The van der Waals surface area contributed by atoms with E-state index in [-0.39, 0.29) is 12.3 Å². The lowest BCUT2D eigenvalue weighted by Gasteiger charge is -2.04. The fraction of sp³-hybridized carbons (Fsp3) is 0.222. The Morgan fingerprint density at radius 1 is 1.22 bits per heavy atom. The molecule has 0 aliphatic carbocycles. The number of hydrogen-bond donors (Lipinski definition) is 2. The Morgan fingerprint density at radius 3 is 2.70 bits per heavy atom. The van der Waals surface area contributed by atoms with Crippen LogP contribution in [0.3, 0.4) is 0 Å². The van der Waals surface area contributed by atoms with Crippen LogP contribution in [0.5, 0.6) is 0 Å². The monoisotopic (exact) mass is 308 g/mol. The summed E-state index contributed by atoms with van der Waals surface area (Å²) < 4.78 is 1.84. The number of nitrogens with one attached hydrogen (secondary N) is 1. The number of hydrogen-bond acceptors (Lipinski definition) is 3. The number of fused-ring (bicyclic) bond motifs is 1. The van der Waals surface area contributed by atoms with Crippen LogP contribution in [0, 0.1) is 0 Å². The molecular formula is C18H20N4O. The highest BCUT2D eigenvalue weighted by molar-refractivity contribution is 5.87. The topological polar surface area (TPSA) is 72.9 Å². The molecule has 0 saturated heterocycles. The maximum absolute atomic E-state index is 11.2. The molecule has 0 unspecified atom stereocenters. The van der Waals surface area contributed by atoms with Gasteiger partial charge in [-0.05, 0) is 29.8 Å². The van der Waals surface area contributed by atoms with Gasteiger partial charge >= 0.3 is 0 Å². The van der Waals surface area contributed by atoms with Gasteiger partial charge in [-0.2, -0.15) is 5.10 Å². The molecule has 1 amide bonds. The molecule has 3 rings (SSSR count). The third-order valence-corrected chi connectivity index (χ3v) is 3.76. The molecule has 23 heavy (non-hydrogen) atoms. The van der Waals surface area contributed by atoms with E-state index in [2.05, 4.69) is 29.5 Å². The first-order valence-electron chi connectivity index (χ1n) is 7.73. The number of nitrogens with two attached hydrogens (primary N) is 1. The molecule has 1 aromatic heterocycles. The molecule has 1 heterocycles. The Bertz CT molecular complexity index is 821.